The van der Waals surface area contributed by atoms with Crippen molar-refractivity contribution < 1.29 is 4.74 Å². The molecule has 12 heavy (non-hydrogen) atoms. The lowest BCUT2D eigenvalue weighted by atomic mass is 10.0. The highest BCUT2D eigenvalue weighted by molar-refractivity contribution is 5.40. The van der Waals surface area contributed by atoms with Crippen LogP contribution in [0.25, 0.3) is 0 Å². The van der Waals surface area contributed by atoms with E-state index >= 15 is 0 Å². The second-order valence-electron chi connectivity index (χ2n) is 3.50. The summed E-state index contributed by atoms with van der Waals surface area (Å²) in [6, 6.07) is 6.42. The molecule has 2 rings (SSSR count). The summed E-state index contributed by atoms with van der Waals surface area (Å²) in [6.07, 6.45) is 2.51. The zero-order valence-corrected chi connectivity index (χ0v) is 7.63. The molecule has 0 aliphatic heterocycles. The summed E-state index contributed by atoms with van der Waals surface area (Å²) >= 11 is 0. The molecular formula is C11H14O. The number of hydrogen-bond acceptors (Lipinski definition) is 1. The van der Waals surface area contributed by atoms with Crippen molar-refractivity contribution in [2.75, 3.05) is 7.11 Å². The molecule has 0 radical (unpaired) electrons. The van der Waals surface area contributed by atoms with Gasteiger partial charge in [0, 0.05) is 0 Å². The fraction of sp³-hybridized carbons (Fsp3) is 0.455. The summed E-state index contributed by atoms with van der Waals surface area (Å²) in [5.41, 5.74) is 2.98. The monoisotopic (exact) mass is 162 g/mol. The number of methoxy groups -OCH3 is 1. The highest BCUT2D eigenvalue weighted by atomic mass is 16.5. The van der Waals surface area contributed by atoms with Crippen LogP contribution in [0.4, 0.5) is 0 Å². The van der Waals surface area contributed by atoms with Gasteiger partial charge >= 0.3 is 0 Å². The minimum absolute atomic E-state index is 0.742. The molecule has 1 heteroatoms. The van der Waals surface area contributed by atoms with E-state index in [9.17, 15) is 0 Å². The highest BCUT2D eigenvalue weighted by Gasteiger charge is 2.18. The molecule has 0 heterocycles. The van der Waals surface area contributed by atoms with Crippen LogP contribution in [-0.2, 0) is 6.42 Å². The Morgan fingerprint density at radius 3 is 3.00 bits per heavy atom. The molecular weight excluding hydrogens is 148 g/mol. The van der Waals surface area contributed by atoms with Gasteiger partial charge in [0.2, 0.25) is 0 Å². The Hall–Kier alpha value is -0.980. The van der Waals surface area contributed by atoms with Crippen molar-refractivity contribution in [3.63, 3.8) is 0 Å². The Balaban J connectivity index is 2.41. The van der Waals surface area contributed by atoms with Gasteiger partial charge in [0.25, 0.3) is 0 Å². The fourth-order valence-electron chi connectivity index (χ4n) is 1.93. The molecule has 1 aliphatic carbocycles. The van der Waals surface area contributed by atoms with Crippen LogP contribution in [0.15, 0.2) is 18.2 Å². The Morgan fingerprint density at radius 2 is 2.25 bits per heavy atom. The van der Waals surface area contributed by atoms with Gasteiger partial charge in [-0.05, 0) is 42.0 Å². The molecule has 0 bridgehead atoms. The average Bonchev–Trinajstić information content (AvgIpc) is 2.47. The molecule has 1 atom stereocenters. The van der Waals surface area contributed by atoms with Gasteiger partial charge in [-0.2, -0.15) is 0 Å². The highest BCUT2D eigenvalue weighted by Crippen LogP contribution is 2.34. The van der Waals surface area contributed by atoms with E-state index < -0.39 is 0 Å². The van der Waals surface area contributed by atoms with Crippen molar-refractivity contribution in [2.24, 2.45) is 0 Å². The maximum atomic E-state index is 5.17. The summed E-state index contributed by atoms with van der Waals surface area (Å²) in [4.78, 5) is 0. The fourth-order valence-corrected chi connectivity index (χ4v) is 1.93. The number of hydrogen-bond donors (Lipinski definition) is 0. The van der Waals surface area contributed by atoms with Gasteiger partial charge in [0.05, 0.1) is 7.11 Å². The summed E-state index contributed by atoms with van der Waals surface area (Å²) < 4.78 is 5.17. The molecule has 1 aromatic carbocycles. The zero-order chi connectivity index (χ0) is 8.55. The summed E-state index contributed by atoms with van der Waals surface area (Å²) in [7, 11) is 1.72. The molecule has 0 unspecified atom stereocenters. The molecule has 0 fully saturated rings. The van der Waals surface area contributed by atoms with E-state index in [-0.39, 0.29) is 0 Å². The summed E-state index contributed by atoms with van der Waals surface area (Å²) in [5.74, 6) is 1.73. The molecule has 0 spiro atoms. The minimum atomic E-state index is 0.742. The van der Waals surface area contributed by atoms with Crippen LogP contribution in [0.1, 0.15) is 30.4 Å². The summed E-state index contributed by atoms with van der Waals surface area (Å²) in [5, 5.41) is 0. The van der Waals surface area contributed by atoms with E-state index in [1.165, 1.54) is 24.0 Å². The molecule has 64 valence electrons. The predicted molar refractivity (Wildman–Crippen MR) is 49.7 cm³/mol. The number of fused-ring (bicyclic) bond motifs is 1. The Morgan fingerprint density at radius 1 is 1.42 bits per heavy atom. The molecule has 0 aromatic heterocycles. The van der Waals surface area contributed by atoms with Crippen molar-refractivity contribution in [3.05, 3.63) is 29.3 Å². The first kappa shape index (κ1) is 7.66. The van der Waals surface area contributed by atoms with Gasteiger partial charge in [-0.25, -0.2) is 0 Å². The number of aryl methyl sites for hydroxylation is 1. The van der Waals surface area contributed by atoms with Gasteiger partial charge in [0.1, 0.15) is 5.75 Å². The lowest BCUT2D eigenvalue weighted by Gasteiger charge is -2.05. The number of rotatable bonds is 1. The quantitative estimate of drug-likeness (QED) is 0.617. The van der Waals surface area contributed by atoms with Gasteiger partial charge < -0.3 is 4.74 Å². The van der Waals surface area contributed by atoms with Gasteiger partial charge in [-0.3, -0.25) is 0 Å². The number of ether oxygens (including phenoxy) is 1. The van der Waals surface area contributed by atoms with Crippen LogP contribution in [-0.4, -0.2) is 7.11 Å². The SMILES string of the molecule is COc1ccc2c(c1)CC[C@@H]2C. The van der Waals surface area contributed by atoms with Crippen LogP contribution in [0.3, 0.4) is 0 Å². The minimum Gasteiger partial charge on any atom is -0.497 e. The molecule has 1 aromatic rings. The average molecular weight is 162 g/mol. The molecule has 1 nitrogen and oxygen atoms in total. The van der Waals surface area contributed by atoms with E-state index in [1.807, 2.05) is 0 Å². The third kappa shape index (κ3) is 1.09. The lowest BCUT2D eigenvalue weighted by Crippen LogP contribution is -1.88. The molecule has 0 saturated carbocycles. The summed E-state index contributed by atoms with van der Waals surface area (Å²) in [6.45, 7) is 2.29. The molecule has 0 saturated heterocycles. The van der Waals surface area contributed by atoms with E-state index in [4.69, 9.17) is 4.74 Å². The van der Waals surface area contributed by atoms with Crippen LogP contribution >= 0.6 is 0 Å². The third-order valence-corrected chi connectivity index (χ3v) is 2.73. The Kier molecular flexibility index (Phi) is 1.80. The van der Waals surface area contributed by atoms with Crippen LogP contribution in [0.5, 0.6) is 5.75 Å². The largest absolute Gasteiger partial charge is 0.497 e. The van der Waals surface area contributed by atoms with E-state index in [0.717, 1.165) is 11.7 Å². The standard InChI is InChI=1S/C11H14O/c1-8-3-4-9-7-10(12-2)5-6-11(8)9/h5-8H,3-4H2,1-2H3/t8-/m0/s1. The molecule has 0 amide bonds. The normalized spacial score (nSPS) is 20.7. The van der Waals surface area contributed by atoms with E-state index in [0.29, 0.717) is 0 Å². The van der Waals surface area contributed by atoms with Gasteiger partial charge in [0.15, 0.2) is 0 Å². The van der Waals surface area contributed by atoms with Gasteiger partial charge in [-0.1, -0.05) is 13.0 Å². The van der Waals surface area contributed by atoms with Crippen molar-refractivity contribution >= 4 is 0 Å². The Labute approximate surface area is 73.4 Å². The molecule has 0 N–H and O–H groups in total. The smallest absolute Gasteiger partial charge is 0.119 e. The molecule has 1 aliphatic rings. The first-order chi connectivity index (χ1) is 5.81. The maximum Gasteiger partial charge on any atom is 0.119 e. The van der Waals surface area contributed by atoms with Crippen LogP contribution < -0.4 is 4.74 Å². The second kappa shape index (κ2) is 2.81. The van der Waals surface area contributed by atoms with Crippen LogP contribution in [0.2, 0.25) is 0 Å². The first-order valence-electron chi connectivity index (χ1n) is 4.48. The van der Waals surface area contributed by atoms with Crippen molar-refractivity contribution in [1.29, 1.82) is 0 Å². The second-order valence-corrected chi connectivity index (χ2v) is 3.50. The number of benzene rings is 1. The Bertz CT molecular complexity index is 291. The van der Waals surface area contributed by atoms with E-state index in [1.54, 1.807) is 7.11 Å². The van der Waals surface area contributed by atoms with Crippen molar-refractivity contribution in [2.45, 2.75) is 25.7 Å². The topological polar surface area (TPSA) is 9.23 Å². The third-order valence-electron chi connectivity index (χ3n) is 2.73. The van der Waals surface area contributed by atoms with Gasteiger partial charge in [-0.15, -0.1) is 0 Å². The zero-order valence-electron chi connectivity index (χ0n) is 7.63. The first-order valence-corrected chi connectivity index (χ1v) is 4.48. The van der Waals surface area contributed by atoms with E-state index in [2.05, 4.69) is 25.1 Å². The predicted octanol–water partition coefficient (Wildman–Crippen LogP) is 2.74. The maximum absolute atomic E-state index is 5.17. The van der Waals surface area contributed by atoms with Crippen LogP contribution in [0, 0.1) is 0 Å². The lowest BCUT2D eigenvalue weighted by molar-refractivity contribution is 0.414. The van der Waals surface area contributed by atoms with Crippen molar-refractivity contribution in [3.8, 4) is 5.75 Å². The van der Waals surface area contributed by atoms with Crippen molar-refractivity contribution in [1.82, 2.24) is 0 Å².